The number of sulfonamides is 1. The molecule has 0 unspecified atom stereocenters. The van der Waals surface area contributed by atoms with Crippen molar-refractivity contribution >= 4 is 57.6 Å². The normalized spacial score (nSPS) is 15.2. The summed E-state index contributed by atoms with van der Waals surface area (Å²) in [4.78, 5) is 17.8. The number of halogens is 1. The van der Waals surface area contributed by atoms with Crippen LogP contribution in [-0.2, 0) is 16.4 Å². The molecule has 1 aliphatic heterocycles. The fourth-order valence-corrected chi connectivity index (χ4v) is 5.41. The first-order chi connectivity index (χ1) is 13.8. The first kappa shape index (κ1) is 27.0. The van der Waals surface area contributed by atoms with Gasteiger partial charge in [0.15, 0.2) is 5.96 Å². The van der Waals surface area contributed by atoms with Crippen LogP contribution in [0.5, 0.6) is 0 Å². The molecule has 1 aliphatic rings. The molecular weight excluding hydrogens is 537 g/mol. The second-order valence-electron chi connectivity index (χ2n) is 6.90. The van der Waals surface area contributed by atoms with Gasteiger partial charge in [-0.05, 0) is 24.1 Å². The Labute approximate surface area is 201 Å². The minimum Gasteiger partial charge on any atom is -0.356 e. The highest BCUT2D eigenvalue weighted by Crippen LogP contribution is 2.13. The van der Waals surface area contributed by atoms with Crippen LogP contribution >= 0.6 is 35.7 Å². The smallest absolute Gasteiger partial charge is 0.253 e. The molecule has 170 valence electrons. The third-order valence-electron chi connectivity index (χ3n) is 4.53. The van der Waals surface area contributed by atoms with Gasteiger partial charge in [0.25, 0.3) is 5.91 Å². The SMILES string of the molecule is CN=C(NCCc1cccc(C(=O)N(C)C)c1)NCCS(=O)(=O)N1CCSCC1.I. The summed E-state index contributed by atoms with van der Waals surface area (Å²) in [7, 11) is 1.89. The molecule has 0 aliphatic carbocycles. The predicted octanol–water partition coefficient (Wildman–Crippen LogP) is 1.09. The molecule has 0 atom stereocenters. The number of hydrogen-bond acceptors (Lipinski definition) is 5. The molecule has 0 saturated carbocycles. The molecule has 30 heavy (non-hydrogen) atoms. The van der Waals surface area contributed by atoms with E-state index >= 15 is 0 Å². The summed E-state index contributed by atoms with van der Waals surface area (Å²) in [6, 6.07) is 7.56. The van der Waals surface area contributed by atoms with Crippen molar-refractivity contribution in [2.75, 3.05) is 64.6 Å². The highest BCUT2D eigenvalue weighted by atomic mass is 127. The third kappa shape index (κ3) is 8.60. The summed E-state index contributed by atoms with van der Waals surface area (Å²) < 4.78 is 26.3. The van der Waals surface area contributed by atoms with E-state index in [2.05, 4.69) is 15.6 Å². The van der Waals surface area contributed by atoms with Gasteiger partial charge in [0.2, 0.25) is 10.0 Å². The maximum absolute atomic E-state index is 12.4. The molecular formula is C19H32IN5O3S2. The van der Waals surface area contributed by atoms with Crippen molar-refractivity contribution < 1.29 is 13.2 Å². The minimum absolute atomic E-state index is 0. The molecule has 1 amide bonds. The summed E-state index contributed by atoms with van der Waals surface area (Å²) in [5.41, 5.74) is 1.71. The van der Waals surface area contributed by atoms with Crippen LogP contribution in [0, 0.1) is 0 Å². The van der Waals surface area contributed by atoms with Crippen LogP contribution in [0.15, 0.2) is 29.3 Å². The fourth-order valence-electron chi connectivity index (χ4n) is 2.92. The fraction of sp³-hybridized carbons (Fsp3) is 0.579. The van der Waals surface area contributed by atoms with Gasteiger partial charge in [-0.2, -0.15) is 11.8 Å². The van der Waals surface area contributed by atoms with Gasteiger partial charge in [0.05, 0.1) is 5.75 Å². The van der Waals surface area contributed by atoms with Crippen LogP contribution in [0.25, 0.3) is 0 Å². The quantitative estimate of drug-likeness (QED) is 0.277. The van der Waals surface area contributed by atoms with E-state index in [1.54, 1.807) is 48.2 Å². The number of thioether (sulfide) groups is 1. The zero-order valence-corrected chi connectivity index (χ0v) is 21.7. The topological polar surface area (TPSA) is 94.1 Å². The highest BCUT2D eigenvalue weighted by molar-refractivity contribution is 14.0. The van der Waals surface area contributed by atoms with Gasteiger partial charge < -0.3 is 15.5 Å². The Morgan fingerprint density at radius 3 is 2.50 bits per heavy atom. The van der Waals surface area contributed by atoms with E-state index in [1.165, 1.54) is 0 Å². The largest absolute Gasteiger partial charge is 0.356 e. The van der Waals surface area contributed by atoms with Crippen LogP contribution in [-0.4, -0.2) is 94.1 Å². The number of benzene rings is 1. The standard InChI is InChI=1S/C19H31N5O3S2.HI/c1-20-19(22-9-14-29(26,27)24-10-12-28-13-11-24)21-8-7-16-5-4-6-17(15-16)18(25)23(2)3;/h4-6,15H,7-14H2,1-3H3,(H2,20,21,22);1H. The van der Waals surface area contributed by atoms with Crippen LogP contribution in [0.3, 0.4) is 0 Å². The second kappa shape index (κ2) is 13.4. The molecule has 1 saturated heterocycles. The summed E-state index contributed by atoms with van der Waals surface area (Å²) in [6.07, 6.45) is 0.721. The van der Waals surface area contributed by atoms with E-state index in [-0.39, 0.29) is 35.6 Å². The lowest BCUT2D eigenvalue weighted by Crippen LogP contribution is -2.44. The molecule has 1 aromatic rings. The van der Waals surface area contributed by atoms with E-state index in [1.807, 2.05) is 18.2 Å². The van der Waals surface area contributed by atoms with Crippen molar-refractivity contribution in [2.45, 2.75) is 6.42 Å². The number of rotatable bonds is 8. The molecule has 0 spiro atoms. The minimum atomic E-state index is -3.23. The predicted molar refractivity (Wildman–Crippen MR) is 136 cm³/mol. The molecule has 1 heterocycles. The molecule has 11 heteroatoms. The van der Waals surface area contributed by atoms with Crippen molar-refractivity contribution in [1.82, 2.24) is 19.8 Å². The van der Waals surface area contributed by atoms with Crippen LogP contribution in [0.1, 0.15) is 15.9 Å². The first-order valence-corrected chi connectivity index (χ1v) is 12.4. The van der Waals surface area contributed by atoms with Crippen molar-refractivity contribution in [3.8, 4) is 0 Å². The lowest BCUT2D eigenvalue weighted by molar-refractivity contribution is 0.0827. The van der Waals surface area contributed by atoms with E-state index < -0.39 is 10.0 Å². The van der Waals surface area contributed by atoms with Crippen molar-refractivity contribution in [1.29, 1.82) is 0 Å². The lowest BCUT2D eigenvalue weighted by Gasteiger charge is -2.25. The average molecular weight is 570 g/mol. The lowest BCUT2D eigenvalue weighted by atomic mass is 10.1. The van der Waals surface area contributed by atoms with Crippen molar-refractivity contribution in [3.05, 3.63) is 35.4 Å². The molecule has 8 nitrogen and oxygen atoms in total. The molecule has 2 N–H and O–H groups in total. The zero-order chi connectivity index (χ0) is 21.3. The van der Waals surface area contributed by atoms with Gasteiger partial charge in [0.1, 0.15) is 0 Å². The number of aliphatic imine (C=N–C) groups is 1. The first-order valence-electron chi connectivity index (χ1n) is 9.64. The van der Waals surface area contributed by atoms with Gasteiger partial charge in [-0.1, -0.05) is 12.1 Å². The Bertz CT molecular complexity index is 812. The number of amides is 1. The van der Waals surface area contributed by atoms with Gasteiger partial charge >= 0.3 is 0 Å². The number of guanidine groups is 1. The van der Waals surface area contributed by atoms with Gasteiger partial charge in [0, 0.05) is 64.4 Å². The number of nitrogens with zero attached hydrogens (tertiary/aromatic N) is 3. The molecule has 0 aromatic heterocycles. The maximum atomic E-state index is 12.4. The van der Waals surface area contributed by atoms with Crippen molar-refractivity contribution in [3.63, 3.8) is 0 Å². The Kier molecular flexibility index (Phi) is 12.0. The number of hydrogen-bond donors (Lipinski definition) is 2. The number of nitrogens with one attached hydrogen (secondary N) is 2. The number of carbonyl (C=O) groups excluding carboxylic acids is 1. The van der Waals surface area contributed by atoms with Crippen LogP contribution in [0.2, 0.25) is 0 Å². The third-order valence-corrected chi connectivity index (χ3v) is 7.34. The van der Waals surface area contributed by atoms with E-state index in [9.17, 15) is 13.2 Å². The average Bonchev–Trinajstić information content (AvgIpc) is 2.72. The molecule has 0 bridgehead atoms. The maximum Gasteiger partial charge on any atom is 0.253 e. The van der Waals surface area contributed by atoms with Crippen molar-refractivity contribution in [2.24, 2.45) is 4.99 Å². The number of carbonyl (C=O) groups is 1. The molecule has 1 fully saturated rings. The molecule has 2 rings (SSSR count). The Hall–Kier alpha value is -1.05. The Morgan fingerprint density at radius 2 is 1.87 bits per heavy atom. The summed E-state index contributed by atoms with van der Waals surface area (Å²) >= 11 is 1.79. The Balaban J connectivity index is 0.00000450. The van der Waals surface area contributed by atoms with Gasteiger partial charge in [-0.25, -0.2) is 12.7 Å². The highest BCUT2D eigenvalue weighted by Gasteiger charge is 2.23. The molecule has 1 aromatic carbocycles. The second-order valence-corrected chi connectivity index (χ2v) is 10.2. The monoisotopic (exact) mass is 569 g/mol. The summed E-state index contributed by atoms with van der Waals surface area (Å²) in [5, 5.41) is 6.25. The summed E-state index contributed by atoms with van der Waals surface area (Å²) in [6.45, 7) is 2.11. The zero-order valence-electron chi connectivity index (χ0n) is 17.8. The van der Waals surface area contributed by atoms with Crippen LogP contribution in [0.4, 0.5) is 0 Å². The van der Waals surface area contributed by atoms with E-state index in [0.29, 0.717) is 37.7 Å². The Morgan fingerprint density at radius 1 is 1.20 bits per heavy atom. The molecule has 0 radical (unpaired) electrons. The van der Waals surface area contributed by atoms with Gasteiger partial charge in [-0.3, -0.25) is 9.79 Å². The summed E-state index contributed by atoms with van der Waals surface area (Å²) in [5.74, 6) is 2.31. The van der Waals surface area contributed by atoms with E-state index in [0.717, 1.165) is 23.5 Å². The van der Waals surface area contributed by atoms with Gasteiger partial charge in [-0.15, -0.1) is 24.0 Å². The van der Waals surface area contributed by atoms with E-state index in [4.69, 9.17) is 0 Å². The van der Waals surface area contributed by atoms with Crippen LogP contribution < -0.4 is 10.6 Å².